The van der Waals surface area contributed by atoms with Gasteiger partial charge in [0.1, 0.15) is 11.4 Å². The lowest BCUT2D eigenvalue weighted by atomic mass is 10.1. The summed E-state index contributed by atoms with van der Waals surface area (Å²) in [5, 5.41) is 10.2. The maximum atomic E-state index is 13.0. The number of carbonyl (C=O) groups is 2. The molecule has 0 aliphatic rings. The number of para-hydroxylation sites is 1. The third kappa shape index (κ3) is 6.53. The molecule has 38 heavy (non-hydrogen) atoms. The third-order valence-corrected chi connectivity index (χ3v) is 7.79. The lowest BCUT2D eigenvalue weighted by molar-refractivity contribution is 0.0954. The number of ether oxygens (including phenoxy) is 1. The number of carbonyl (C=O) groups excluding carboxylic acids is 2. The van der Waals surface area contributed by atoms with Crippen LogP contribution >= 0.6 is 11.6 Å². The number of hydrogen-bond donors (Lipinski definition) is 4. The van der Waals surface area contributed by atoms with E-state index >= 15 is 0 Å². The molecule has 0 saturated carbocycles. The van der Waals surface area contributed by atoms with Crippen molar-refractivity contribution in [2.45, 2.75) is 26.7 Å². The van der Waals surface area contributed by atoms with Gasteiger partial charge in [-0.15, -0.1) is 0 Å². The molecule has 2 aromatic carbocycles. The summed E-state index contributed by atoms with van der Waals surface area (Å²) >= 11 is 6.23. The molecule has 0 aliphatic heterocycles. The van der Waals surface area contributed by atoms with Crippen molar-refractivity contribution < 1.29 is 22.7 Å². The second-order valence-corrected chi connectivity index (χ2v) is 11.1. The summed E-state index contributed by atoms with van der Waals surface area (Å²) in [7, 11) is -4.01. The summed E-state index contributed by atoms with van der Waals surface area (Å²) in [6, 6.07) is 11.1. The lowest BCUT2D eigenvalue weighted by Crippen LogP contribution is -2.37. The van der Waals surface area contributed by atoms with Gasteiger partial charge in [0.2, 0.25) is 10.0 Å². The summed E-state index contributed by atoms with van der Waals surface area (Å²) in [5.41, 5.74) is 3.74. The standard InChI is InChI=1S/C26H28ClN5O5S/c1-16-12-19(13-17(2)23(16)27)37-10-5-7-21-20-6-3-4-8-22(20)31-24(21)26(34)32-38(35,36)11-9-28-25(33)18-14-29-30-15-18/h3-4,6,8,12-15,31H,5,7,9-11H2,1-2H3,(H,28,33)(H,29,30)(H,32,34). The first kappa shape index (κ1) is 27.2. The van der Waals surface area contributed by atoms with Crippen molar-refractivity contribution in [2.75, 3.05) is 18.9 Å². The number of amides is 2. The van der Waals surface area contributed by atoms with E-state index < -0.39 is 27.6 Å². The largest absolute Gasteiger partial charge is 0.494 e. The van der Waals surface area contributed by atoms with Crippen LogP contribution in [0.25, 0.3) is 10.9 Å². The van der Waals surface area contributed by atoms with Gasteiger partial charge in [-0.2, -0.15) is 5.10 Å². The van der Waals surface area contributed by atoms with Crippen LogP contribution in [-0.2, 0) is 16.4 Å². The smallest absolute Gasteiger partial charge is 0.281 e. The van der Waals surface area contributed by atoms with Crippen LogP contribution in [0, 0.1) is 13.8 Å². The first-order chi connectivity index (χ1) is 18.1. The van der Waals surface area contributed by atoms with E-state index in [0.717, 1.165) is 22.0 Å². The Morgan fingerprint density at radius 2 is 1.84 bits per heavy atom. The summed E-state index contributed by atoms with van der Waals surface area (Å²) < 4.78 is 33.1. The Morgan fingerprint density at radius 1 is 1.11 bits per heavy atom. The van der Waals surface area contributed by atoms with E-state index in [0.29, 0.717) is 35.8 Å². The van der Waals surface area contributed by atoms with E-state index in [2.05, 4.69) is 25.2 Å². The molecule has 0 atom stereocenters. The van der Waals surface area contributed by atoms with Gasteiger partial charge in [0.15, 0.2) is 0 Å². The number of halogens is 1. The highest BCUT2D eigenvalue weighted by molar-refractivity contribution is 7.90. The SMILES string of the molecule is Cc1cc(OCCCc2c(C(=O)NS(=O)(=O)CCNC(=O)c3cn[nH]c3)[nH]c3ccccc23)cc(C)c1Cl. The quantitative estimate of drug-likeness (QED) is 0.207. The molecule has 0 bridgehead atoms. The van der Waals surface area contributed by atoms with Crippen LogP contribution in [-0.4, -0.2) is 54.3 Å². The van der Waals surface area contributed by atoms with Crippen LogP contribution < -0.4 is 14.8 Å². The number of nitrogens with one attached hydrogen (secondary N) is 4. The van der Waals surface area contributed by atoms with Gasteiger partial charge in [-0.05, 0) is 61.6 Å². The Labute approximate surface area is 225 Å². The molecule has 0 unspecified atom stereocenters. The molecule has 2 amide bonds. The summed E-state index contributed by atoms with van der Waals surface area (Å²) in [6.07, 6.45) is 3.80. The van der Waals surface area contributed by atoms with Crippen molar-refractivity contribution in [3.8, 4) is 5.75 Å². The zero-order chi connectivity index (χ0) is 27.3. The second-order valence-electron chi connectivity index (χ2n) is 8.84. The Bertz CT molecular complexity index is 1540. The number of benzene rings is 2. The average molecular weight is 558 g/mol. The van der Waals surface area contributed by atoms with Gasteiger partial charge in [-0.3, -0.25) is 14.7 Å². The van der Waals surface area contributed by atoms with Crippen molar-refractivity contribution in [1.29, 1.82) is 0 Å². The normalized spacial score (nSPS) is 11.4. The van der Waals surface area contributed by atoms with Crippen LogP contribution in [0.2, 0.25) is 5.02 Å². The maximum Gasteiger partial charge on any atom is 0.281 e. The van der Waals surface area contributed by atoms with Gasteiger partial charge in [0.05, 0.1) is 24.1 Å². The first-order valence-electron chi connectivity index (χ1n) is 12.0. The highest BCUT2D eigenvalue weighted by Crippen LogP contribution is 2.27. The highest BCUT2D eigenvalue weighted by Gasteiger charge is 2.22. The fraction of sp³-hybridized carbons (Fsp3) is 0.269. The van der Waals surface area contributed by atoms with E-state index in [9.17, 15) is 18.0 Å². The van der Waals surface area contributed by atoms with Crippen LogP contribution in [0.3, 0.4) is 0 Å². The van der Waals surface area contributed by atoms with Crippen LogP contribution in [0.5, 0.6) is 5.75 Å². The second kappa shape index (κ2) is 11.7. The molecule has 2 aromatic heterocycles. The summed E-state index contributed by atoms with van der Waals surface area (Å²) in [4.78, 5) is 28.0. The first-order valence-corrected chi connectivity index (χ1v) is 14.0. The monoisotopic (exact) mass is 557 g/mol. The van der Waals surface area contributed by atoms with E-state index in [1.165, 1.54) is 12.4 Å². The molecule has 0 spiro atoms. The Hall–Kier alpha value is -3.83. The zero-order valence-corrected chi connectivity index (χ0v) is 22.5. The van der Waals surface area contributed by atoms with Gasteiger partial charge in [-0.1, -0.05) is 29.8 Å². The lowest BCUT2D eigenvalue weighted by Gasteiger charge is -2.11. The fourth-order valence-corrected chi connectivity index (χ4v) is 5.07. The molecule has 4 aromatic rings. The molecule has 4 rings (SSSR count). The highest BCUT2D eigenvalue weighted by atomic mass is 35.5. The van der Waals surface area contributed by atoms with Crippen molar-refractivity contribution >= 4 is 44.3 Å². The zero-order valence-electron chi connectivity index (χ0n) is 20.9. The predicted molar refractivity (Wildman–Crippen MR) is 145 cm³/mol. The van der Waals surface area contributed by atoms with Gasteiger partial charge in [0, 0.05) is 28.7 Å². The third-order valence-electron chi connectivity index (χ3n) is 5.96. The molecule has 4 N–H and O–H groups in total. The van der Waals surface area contributed by atoms with Crippen molar-refractivity contribution in [3.05, 3.63) is 81.8 Å². The maximum absolute atomic E-state index is 13.0. The van der Waals surface area contributed by atoms with Gasteiger partial charge in [-0.25, -0.2) is 13.1 Å². The van der Waals surface area contributed by atoms with Gasteiger partial charge < -0.3 is 15.0 Å². The average Bonchev–Trinajstić information content (AvgIpc) is 3.53. The van der Waals surface area contributed by atoms with E-state index in [1.54, 1.807) is 0 Å². The Balaban J connectivity index is 1.40. The number of fused-ring (bicyclic) bond motifs is 1. The fourth-order valence-electron chi connectivity index (χ4n) is 4.10. The van der Waals surface area contributed by atoms with Crippen LogP contribution in [0.1, 0.15) is 44.0 Å². The van der Waals surface area contributed by atoms with E-state index in [4.69, 9.17) is 16.3 Å². The van der Waals surface area contributed by atoms with E-state index in [-0.39, 0.29) is 17.8 Å². The number of H-pyrrole nitrogens is 2. The summed E-state index contributed by atoms with van der Waals surface area (Å²) in [6.45, 7) is 4.06. The minimum absolute atomic E-state index is 0.173. The Morgan fingerprint density at radius 3 is 2.55 bits per heavy atom. The predicted octanol–water partition coefficient (Wildman–Crippen LogP) is 3.66. The number of rotatable bonds is 11. The molecule has 0 aliphatic carbocycles. The van der Waals surface area contributed by atoms with Gasteiger partial charge >= 0.3 is 0 Å². The van der Waals surface area contributed by atoms with Crippen LogP contribution in [0.4, 0.5) is 0 Å². The molecule has 12 heteroatoms. The molecular weight excluding hydrogens is 530 g/mol. The minimum atomic E-state index is -4.01. The number of hydrogen-bond acceptors (Lipinski definition) is 6. The molecule has 10 nitrogen and oxygen atoms in total. The molecule has 0 fully saturated rings. The number of nitrogens with zero attached hydrogens (tertiary/aromatic N) is 1. The Kier molecular flexibility index (Phi) is 8.38. The molecule has 0 saturated heterocycles. The van der Waals surface area contributed by atoms with Crippen LogP contribution in [0.15, 0.2) is 48.8 Å². The topological polar surface area (TPSA) is 146 Å². The molecule has 0 radical (unpaired) electrons. The molecule has 200 valence electrons. The van der Waals surface area contributed by atoms with Crippen molar-refractivity contribution in [2.24, 2.45) is 0 Å². The molecular formula is C26H28ClN5O5S. The minimum Gasteiger partial charge on any atom is -0.494 e. The molecule has 2 heterocycles. The summed E-state index contributed by atoms with van der Waals surface area (Å²) in [5.74, 6) is -0.982. The number of sulfonamides is 1. The number of aromatic nitrogens is 3. The number of aryl methyl sites for hydroxylation is 3. The van der Waals surface area contributed by atoms with Gasteiger partial charge in [0.25, 0.3) is 11.8 Å². The van der Waals surface area contributed by atoms with Crippen molar-refractivity contribution in [1.82, 2.24) is 25.2 Å². The number of aromatic amines is 2. The van der Waals surface area contributed by atoms with E-state index in [1.807, 2.05) is 50.2 Å². The van der Waals surface area contributed by atoms with Crippen molar-refractivity contribution in [3.63, 3.8) is 0 Å².